The first-order valence-electron chi connectivity index (χ1n) is 10.4. The molecule has 4 aromatic heterocycles. The first-order valence-corrected chi connectivity index (χ1v) is 10.4. The van der Waals surface area contributed by atoms with Crippen LogP contribution in [0.25, 0.3) is 33.4 Å². The lowest BCUT2D eigenvalue weighted by molar-refractivity contribution is 0.215. The lowest BCUT2D eigenvalue weighted by atomic mass is 10.0. The molecular formula is C24H23N7O. The molecule has 0 spiro atoms. The maximum Gasteiger partial charge on any atom is 0.220 e. The molecule has 4 heterocycles. The van der Waals surface area contributed by atoms with Crippen molar-refractivity contribution in [3.05, 3.63) is 78.5 Å². The van der Waals surface area contributed by atoms with Gasteiger partial charge in [0.05, 0.1) is 17.6 Å². The number of nitrogens with one attached hydrogen (secondary N) is 1. The van der Waals surface area contributed by atoms with E-state index in [1.807, 2.05) is 59.8 Å². The fourth-order valence-corrected chi connectivity index (χ4v) is 3.71. The van der Waals surface area contributed by atoms with Gasteiger partial charge in [0, 0.05) is 46.7 Å². The third kappa shape index (κ3) is 3.61. The van der Waals surface area contributed by atoms with E-state index in [1.54, 1.807) is 6.07 Å². The Morgan fingerprint density at radius 1 is 1.03 bits per heavy atom. The van der Waals surface area contributed by atoms with Crippen LogP contribution < -0.4 is 5.73 Å². The number of nitrogens with two attached hydrogens (primary N) is 1. The third-order valence-corrected chi connectivity index (χ3v) is 5.43. The molecule has 5 aromatic rings. The Bertz CT molecular complexity index is 1390. The van der Waals surface area contributed by atoms with Crippen molar-refractivity contribution >= 4 is 17.0 Å². The number of aromatic amines is 1. The molecule has 0 aliphatic carbocycles. The van der Waals surface area contributed by atoms with Crippen LogP contribution in [-0.4, -0.2) is 34.8 Å². The smallest absolute Gasteiger partial charge is 0.220 e. The first-order chi connectivity index (χ1) is 15.5. The number of aromatic nitrogens is 6. The molecule has 0 amide bonds. The molecule has 0 aliphatic rings. The molecule has 5 rings (SSSR count). The number of nitrogens with zero attached hydrogens (tertiary/aromatic N) is 5. The summed E-state index contributed by atoms with van der Waals surface area (Å²) in [5, 5.41) is 16.1. The Morgan fingerprint density at radius 2 is 1.84 bits per heavy atom. The van der Waals surface area contributed by atoms with Crippen LogP contribution in [0.4, 0.5) is 5.95 Å². The lowest BCUT2D eigenvalue weighted by Crippen LogP contribution is -2.06. The van der Waals surface area contributed by atoms with Crippen molar-refractivity contribution in [2.45, 2.75) is 26.0 Å². The van der Waals surface area contributed by atoms with Crippen LogP contribution >= 0.6 is 0 Å². The Balaban J connectivity index is 1.58. The Morgan fingerprint density at radius 3 is 2.59 bits per heavy atom. The van der Waals surface area contributed by atoms with E-state index >= 15 is 0 Å². The summed E-state index contributed by atoms with van der Waals surface area (Å²) in [6, 6.07) is 13.4. The molecule has 160 valence electrons. The van der Waals surface area contributed by atoms with E-state index < -0.39 is 6.10 Å². The van der Waals surface area contributed by atoms with E-state index in [-0.39, 0.29) is 12.0 Å². The second-order valence-electron chi connectivity index (χ2n) is 7.97. The van der Waals surface area contributed by atoms with Crippen LogP contribution in [0, 0.1) is 0 Å². The summed E-state index contributed by atoms with van der Waals surface area (Å²) in [5.74, 6) is 0.101. The van der Waals surface area contributed by atoms with Gasteiger partial charge in [0.1, 0.15) is 11.8 Å². The molecule has 0 saturated heterocycles. The van der Waals surface area contributed by atoms with Gasteiger partial charge in [-0.3, -0.25) is 4.68 Å². The molecule has 0 radical (unpaired) electrons. The largest absolute Gasteiger partial charge is 0.382 e. The number of anilines is 1. The lowest BCUT2D eigenvalue weighted by Gasteiger charge is -2.12. The molecule has 1 atom stereocenters. The van der Waals surface area contributed by atoms with Gasteiger partial charge in [-0.1, -0.05) is 30.3 Å². The standard InChI is InChI=1S/C24H23N7O/c1-14(2)31-13-17(11-28-31)16-8-18-19(12-27-23(18)26-10-16)20-9-21(30-24(25)29-20)22(32)15-6-4-3-5-7-15/h3-14,22,32H,1-2H3,(H,26,27)(H2,25,29,30). The normalized spacial score (nSPS) is 12.5. The van der Waals surface area contributed by atoms with Gasteiger partial charge < -0.3 is 15.8 Å². The van der Waals surface area contributed by atoms with Gasteiger partial charge in [-0.25, -0.2) is 15.0 Å². The fourth-order valence-electron chi connectivity index (χ4n) is 3.71. The van der Waals surface area contributed by atoms with E-state index in [1.165, 1.54) is 0 Å². The maximum absolute atomic E-state index is 10.8. The van der Waals surface area contributed by atoms with E-state index in [0.717, 1.165) is 33.3 Å². The number of hydrogen-bond donors (Lipinski definition) is 3. The summed E-state index contributed by atoms with van der Waals surface area (Å²) in [6.07, 6.45) is 6.62. The SMILES string of the molecule is CC(C)n1cc(-c2cnc3[nH]cc(-c4cc(C(O)c5ccccc5)nc(N)n4)c3c2)cn1. The zero-order valence-corrected chi connectivity index (χ0v) is 17.8. The summed E-state index contributed by atoms with van der Waals surface area (Å²) in [6.45, 7) is 4.17. The highest BCUT2D eigenvalue weighted by Crippen LogP contribution is 2.32. The van der Waals surface area contributed by atoms with Gasteiger partial charge in [0.25, 0.3) is 0 Å². The number of rotatable bonds is 5. The number of nitrogen functional groups attached to an aromatic ring is 1. The van der Waals surface area contributed by atoms with Crippen molar-refractivity contribution in [2.24, 2.45) is 0 Å². The van der Waals surface area contributed by atoms with Crippen LogP contribution in [0.5, 0.6) is 0 Å². The fraction of sp³-hybridized carbons (Fsp3) is 0.167. The molecule has 1 unspecified atom stereocenters. The monoisotopic (exact) mass is 425 g/mol. The van der Waals surface area contributed by atoms with Crippen LogP contribution in [-0.2, 0) is 0 Å². The number of aliphatic hydroxyl groups is 1. The van der Waals surface area contributed by atoms with E-state index in [4.69, 9.17) is 5.73 Å². The topological polar surface area (TPSA) is 119 Å². The predicted octanol–water partition coefficient (Wildman–Crippen LogP) is 4.13. The van der Waals surface area contributed by atoms with Crippen LogP contribution in [0.3, 0.4) is 0 Å². The Labute approximate surface area is 184 Å². The quantitative estimate of drug-likeness (QED) is 0.390. The Hall–Kier alpha value is -4.04. The van der Waals surface area contributed by atoms with Crippen molar-refractivity contribution in [3.63, 3.8) is 0 Å². The van der Waals surface area contributed by atoms with Gasteiger partial charge >= 0.3 is 0 Å². The zero-order chi connectivity index (χ0) is 22.2. The maximum atomic E-state index is 10.8. The van der Waals surface area contributed by atoms with Crippen molar-refractivity contribution in [2.75, 3.05) is 5.73 Å². The van der Waals surface area contributed by atoms with Gasteiger partial charge in [0.2, 0.25) is 5.95 Å². The predicted molar refractivity (Wildman–Crippen MR) is 124 cm³/mol. The molecule has 0 aliphatic heterocycles. The number of H-pyrrole nitrogens is 1. The number of hydrogen-bond acceptors (Lipinski definition) is 6. The molecule has 1 aromatic carbocycles. The molecule has 32 heavy (non-hydrogen) atoms. The van der Waals surface area contributed by atoms with Crippen LogP contribution in [0.1, 0.15) is 37.3 Å². The summed E-state index contributed by atoms with van der Waals surface area (Å²) < 4.78 is 1.92. The van der Waals surface area contributed by atoms with Crippen molar-refractivity contribution < 1.29 is 5.11 Å². The minimum atomic E-state index is -0.902. The second kappa shape index (κ2) is 7.90. The minimum Gasteiger partial charge on any atom is -0.382 e. The highest BCUT2D eigenvalue weighted by atomic mass is 16.3. The number of pyridine rings is 1. The Kier molecular flexibility index (Phi) is 4.91. The van der Waals surface area contributed by atoms with Crippen molar-refractivity contribution in [1.82, 2.24) is 29.7 Å². The average molecular weight is 425 g/mol. The molecule has 8 heteroatoms. The number of benzene rings is 1. The molecular weight excluding hydrogens is 402 g/mol. The molecule has 0 saturated carbocycles. The number of fused-ring (bicyclic) bond motifs is 1. The van der Waals surface area contributed by atoms with Gasteiger partial charge in [-0.15, -0.1) is 0 Å². The van der Waals surface area contributed by atoms with Gasteiger partial charge in [-0.05, 0) is 31.5 Å². The summed E-state index contributed by atoms with van der Waals surface area (Å²) in [7, 11) is 0. The van der Waals surface area contributed by atoms with Gasteiger partial charge in [-0.2, -0.15) is 5.10 Å². The summed E-state index contributed by atoms with van der Waals surface area (Å²) in [5.41, 5.74) is 11.3. The minimum absolute atomic E-state index is 0.101. The highest BCUT2D eigenvalue weighted by molar-refractivity contribution is 5.95. The highest BCUT2D eigenvalue weighted by Gasteiger charge is 2.17. The van der Waals surface area contributed by atoms with Crippen LogP contribution in [0.2, 0.25) is 0 Å². The van der Waals surface area contributed by atoms with Crippen LogP contribution in [0.15, 0.2) is 67.3 Å². The molecule has 0 bridgehead atoms. The molecule has 0 fully saturated rings. The molecule has 8 nitrogen and oxygen atoms in total. The van der Waals surface area contributed by atoms with E-state index in [9.17, 15) is 5.11 Å². The summed E-state index contributed by atoms with van der Waals surface area (Å²) in [4.78, 5) is 16.4. The van der Waals surface area contributed by atoms with Crippen molar-refractivity contribution in [3.8, 4) is 22.4 Å². The van der Waals surface area contributed by atoms with Crippen molar-refractivity contribution in [1.29, 1.82) is 0 Å². The average Bonchev–Trinajstić information content (AvgIpc) is 3.46. The third-order valence-electron chi connectivity index (χ3n) is 5.43. The van der Waals surface area contributed by atoms with E-state index in [0.29, 0.717) is 11.4 Å². The zero-order valence-electron chi connectivity index (χ0n) is 17.8. The summed E-state index contributed by atoms with van der Waals surface area (Å²) >= 11 is 0. The molecule has 4 N–H and O–H groups in total. The van der Waals surface area contributed by atoms with Gasteiger partial charge in [0.15, 0.2) is 0 Å². The van der Waals surface area contributed by atoms with E-state index in [2.05, 4.69) is 44.9 Å². The second-order valence-corrected chi connectivity index (χ2v) is 7.97. The first kappa shape index (κ1) is 19.9. The number of aliphatic hydroxyl groups excluding tert-OH is 1.